The van der Waals surface area contributed by atoms with E-state index in [0.29, 0.717) is 12.0 Å². The number of carbonyl (C=O) groups is 2. The molecule has 4 heteroatoms. The highest BCUT2D eigenvalue weighted by Crippen LogP contribution is 2.13. The van der Waals surface area contributed by atoms with Crippen LogP contribution < -0.4 is 0 Å². The predicted molar refractivity (Wildman–Crippen MR) is 69.9 cm³/mol. The van der Waals surface area contributed by atoms with Crippen molar-refractivity contribution in [3.63, 3.8) is 0 Å². The first-order chi connectivity index (χ1) is 8.41. The number of carboxylic acids is 1. The first-order valence-corrected chi connectivity index (χ1v) is 5.91. The van der Waals surface area contributed by atoms with E-state index in [2.05, 4.69) is 0 Å². The summed E-state index contributed by atoms with van der Waals surface area (Å²) in [6, 6.07) is 6.96. The maximum Gasteiger partial charge on any atom is 0.303 e. The molecule has 18 heavy (non-hydrogen) atoms. The van der Waals surface area contributed by atoms with Gasteiger partial charge in [0.15, 0.2) is 5.78 Å². The number of rotatable bonds is 6. The van der Waals surface area contributed by atoms with Crippen molar-refractivity contribution in [3.05, 3.63) is 35.4 Å². The number of aryl methyl sites for hydroxylation is 1. The van der Waals surface area contributed by atoms with Crippen LogP contribution in [-0.4, -0.2) is 41.9 Å². The van der Waals surface area contributed by atoms with E-state index in [1.165, 1.54) is 0 Å². The summed E-state index contributed by atoms with van der Waals surface area (Å²) in [5.74, 6) is -0.903. The van der Waals surface area contributed by atoms with Crippen molar-refractivity contribution < 1.29 is 14.7 Å². The lowest BCUT2D eigenvalue weighted by atomic mass is 9.98. The fraction of sp³-hybridized carbons (Fsp3) is 0.429. The molecule has 98 valence electrons. The second-order valence-corrected chi connectivity index (χ2v) is 4.64. The van der Waals surface area contributed by atoms with Crippen LogP contribution >= 0.6 is 0 Å². The van der Waals surface area contributed by atoms with Crippen molar-refractivity contribution in [1.82, 2.24) is 4.90 Å². The lowest BCUT2D eigenvalue weighted by Crippen LogP contribution is -2.36. The van der Waals surface area contributed by atoms with E-state index in [-0.39, 0.29) is 18.2 Å². The Bertz CT molecular complexity index is 423. The molecule has 1 unspecified atom stereocenters. The minimum Gasteiger partial charge on any atom is -0.481 e. The fourth-order valence-corrected chi connectivity index (χ4v) is 1.79. The minimum absolute atomic E-state index is 0.000444. The molecule has 1 N–H and O–H groups in total. The molecule has 0 radical (unpaired) electrons. The monoisotopic (exact) mass is 249 g/mol. The van der Waals surface area contributed by atoms with Crippen LogP contribution in [0.5, 0.6) is 0 Å². The molecule has 0 aliphatic heterocycles. The first kappa shape index (κ1) is 14.4. The predicted octanol–water partition coefficient (Wildman–Crippen LogP) is 1.97. The molecule has 1 rings (SSSR count). The van der Waals surface area contributed by atoms with Gasteiger partial charge in [0, 0.05) is 12.0 Å². The van der Waals surface area contributed by atoms with Crippen molar-refractivity contribution in [2.24, 2.45) is 0 Å². The van der Waals surface area contributed by atoms with Gasteiger partial charge in [0.1, 0.15) is 0 Å². The Hall–Kier alpha value is -1.68. The van der Waals surface area contributed by atoms with Crippen LogP contribution in [0.1, 0.15) is 28.8 Å². The van der Waals surface area contributed by atoms with Gasteiger partial charge < -0.3 is 5.11 Å². The Morgan fingerprint density at radius 2 is 1.78 bits per heavy atom. The molecular formula is C14H19NO3. The lowest BCUT2D eigenvalue weighted by Gasteiger charge is -2.22. The molecule has 0 fully saturated rings. The number of aliphatic carboxylic acids is 1. The molecule has 0 amide bonds. The molecule has 0 heterocycles. The summed E-state index contributed by atoms with van der Waals surface area (Å²) in [4.78, 5) is 24.6. The van der Waals surface area contributed by atoms with Gasteiger partial charge in [-0.05, 0) is 27.4 Å². The van der Waals surface area contributed by atoms with Gasteiger partial charge in [-0.1, -0.05) is 29.8 Å². The smallest absolute Gasteiger partial charge is 0.303 e. The van der Waals surface area contributed by atoms with Crippen molar-refractivity contribution in [2.45, 2.75) is 25.8 Å². The van der Waals surface area contributed by atoms with E-state index in [9.17, 15) is 9.59 Å². The standard InChI is InChI=1S/C14H19NO3/c1-10-4-6-11(7-5-10)14(18)12(15(2)3)8-9-13(16)17/h4-7,12H,8-9H2,1-3H3,(H,16,17). The van der Waals surface area contributed by atoms with E-state index in [1.54, 1.807) is 31.1 Å². The number of ketones is 1. The molecule has 4 nitrogen and oxygen atoms in total. The van der Waals surface area contributed by atoms with Gasteiger partial charge in [0.25, 0.3) is 0 Å². The van der Waals surface area contributed by atoms with E-state index >= 15 is 0 Å². The summed E-state index contributed by atoms with van der Waals surface area (Å²) in [6.45, 7) is 1.96. The van der Waals surface area contributed by atoms with Crippen molar-refractivity contribution in [2.75, 3.05) is 14.1 Å². The Labute approximate surface area is 107 Å². The maximum absolute atomic E-state index is 12.3. The number of hydrogen-bond donors (Lipinski definition) is 1. The number of carboxylic acid groups (broad SMARTS) is 1. The summed E-state index contributed by atoms with van der Waals surface area (Å²) in [5, 5.41) is 8.70. The van der Waals surface area contributed by atoms with Crippen LogP contribution in [0.4, 0.5) is 0 Å². The first-order valence-electron chi connectivity index (χ1n) is 5.91. The van der Waals surface area contributed by atoms with Crippen molar-refractivity contribution in [1.29, 1.82) is 0 Å². The van der Waals surface area contributed by atoms with Gasteiger partial charge in [-0.25, -0.2) is 0 Å². The van der Waals surface area contributed by atoms with Crippen LogP contribution in [0.2, 0.25) is 0 Å². The SMILES string of the molecule is Cc1ccc(C(=O)C(CCC(=O)O)N(C)C)cc1. The number of benzene rings is 1. The van der Waals surface area contributed by atoms with Crippen LogP contribution in [0.15, 0.2) is 24.3 Å². The zero-order valence-electron chi connectivity index (χ0n) is 11.0. The normalized spacial score (nSPS) is 12.4. The number of carbonyl (C=O) groups excluding carboxylic acids is 1. The third kappa shape index (κ3) is 3.96. The lowest BCUT2D eigenvalue weighted by molar-refractivity contribution is -0.137. The molecule has 0 saturated carbocycles. The molecule has 0 bridgehead atoms. The van der Waals surface area contributed by atoms with E-state index < -0.39 is 5.97 Å². The summed E-state index contributed by atoms with van der Waals surface area (Å²) in [5.41, 5.74) is 1.73. The molecule has 1 atom stereocenters. The molecule has 0 saturated heterocycles. The number of hydrogen-bond acceptors (Lipinski definition) is 3. The number of nitrogens with zero attached hydrogens (tertiary/aromatic N) is 1. The Morgan fingerprint density at radius 3 is 2.22 bits per heavy atom. The highest BCUT2D eigenvalue weighted by molar-refractivity contribution is 6.00. The second kappa shape index (κ2) is 6.31. The highest BCUT2D eigenvalue weighted by atomic mass is 16.4. The van der Waals surface area contributed by atoms with Crippen LogP contribution in [-0.2, 0) is 4.79 Å². The van der Waals surface area contributed by atoms with Gasteiger partial charge >= 0.3 is 5.97 Å². The largest absolute Gasteiger partial charge is 0.481 e. The van der Waals surface area contributed by atoms with Gasteiger partial charge in [-0.2, -0.15) is 0 Å². The van der Waals surface area contributed by atoms with Crippen molar-refractivity contribution in [3.8, 4) is 0 Å². The van der Waals surface area contributed by atoms with Gasteiger partial charge in [0.2, 0.25) is 0 Å². The van der Waals surface area contributed by atoms with Crippen LogP contribution in [0.3, 0.4) is 0 Å². The van der Waals surface area contributed by atoms with E-state index in [0.717, 1.165) is 5.56 Å². The molecule has 0 aliphatic rings. The fourth-order valence-electron chi connectivity index (χ4n) is 1.79. The minimum atomic E-state index is -0.876. The third-order valence-electron chi connectivity index (χ3n) is 2.89. The van der Waals surface area contributed by atoms with Gasteiger partial charge in [-0.3, -0.25) is 14.5 Å². The third-order valence-corrected chi connectivity index (χ3v) is 2.89. The quantitative estimate of drug-likeness (QED) is 0.783. The summed E-state index contributed by atoms with van der Waals surface area (Å²) in [7, 11) is 3.58. The molecular weight excluding hydrogens is 230 g/mol. The average Bonchev–Trinajstić information content (AvgIpc) is 2.29. The van der Waals surface area contributed by atoms with Gasteiger partial charge in [-0.15, -0.1) is 0 Å². The van der Waals surface area contributed by atoms with E-state index in [1.807, 2.05) is 19.1 Å². The maximum atomic E-state index is 12.3. The number of Topliss-reactive ketones (excluding diaryl/α,β-unsaturated/α-hetero) is 1. The Morgan fingerprint density at radius 1 is 1.22 bits per heavy atom. The number of likely N-dealkylation sites (N-methyl/N-ethyl adjacent to an activating group) is 1. The van der Waals surface area contributed by atoms with E-state index in [4.69, 9.17) is 5.11 Å². The molecule has 1 aromatic carbocycles. The zero-order valence-corrected chi connectivity index (χ0v) is 11.0. The second-order valence-electron chi connectivity index (χ2n) is 4.64. The topological polar surface area (TPSA) is 57.6 Å². The van der Waals surface area contributed by atoms with Crippen LogP contribution in [0.25, 0.3) is 0 Å². The summed E-state index contributed by atoms with van der Waals surface area (Å²) < 4.78 is 0. The molecule has 0 aromatic heterocycles. The molecule has 1 aromatic rings. The summed E-state index contributed by atoms with van der Waals surface area (Å²) in [6.07, 6.45) is 0.329. The molecule has 0 aliphatic carbocycles. The van der Waals surface area contributed by atoms with Gasteiger partial charge in [0.05, 0.1) is 6.04 Å². The van der Waals surface area contributed by atoms with Crippen LogP contribution in [0, 0.1) is 6.92 Å². The molecule has 0 spiro atoms. The van der Waals surface area contributed by atoms with Crippen molar-refractivity contribution >= 4 is 11.8 Å². The Balaban J connectivity index is 2.82. The summed E-state index contributed by atoms with van der Waals surface area (Å²) >= 11 is 0. The average molecular weight is 249 g/mol. The Kier molecular flexibility index (Phi) is 5.04. The highest BCUT2D eigenvalue weighted by Gasteiger charge is 2.22. The zero-order chi connectivity index (χ0) is 13.7.